The van der Waals surface area contributed by atoms with E-state index in [0.717, 1.165) is 11.9 Å². The number of rotatable bonds is 4. The van der Waals surface area contributed by atoms with Crippen molar-refractivity contribution in [3.63, 3.8) is 0 Å². The second kappa shape index (κ2) is 7.70. The molecule has 6 nitrogen and oxygen atoms in total. The Morgan fingerprint density at radius 3 is 2.20 bits per heavy atom. The number of tetrazole rings is 1. The molecule has 2 heterocycles. The van der Waals surface area contributed by atoms with Crippen LogP contribution < -0.4 is 9.80 Å². The minimum atomic E-state index is -0.0689. The van der Waals surface area contributed by atoms with E-state index >= 15 is 0 Å². The maximum absolute atomic E-state index is 4.46. The van der Waals surface area contributed by atoms with Crippen LogP contribution in [0.15, 0.2) is 0 Å². The molecule has 0 unspecified atom stereocenters. The number of nitrogens with one attached hydrogen (secondary N) is 2. The van der Waals surface area contributed by atoms with Crippen LogP contribution >= 0.6 is 0 Å². The molecule has 2 fully saturated rings. The molecule has 0 amide bonds. The van der Waals surface area contributed by atoms with Crippen molar-refractivity contribution in [1.29, 1.82) is 0 Å². The van der Waals surface area contributed by atoms with E-state index in [-0.39, 0.29) is 5.54 Å². The van der Waals surface area contributed by atoms with E-state index in [1.54, 1.807) is 4.90 Å². The average molecular weight is 351 g/mol. The molecule has 2 aliphatic rings. The second-order valence-electron chi connectivity index (χ2n) is 9.49. The summed E-state index contributed by atoms with van der Waals surface area (Å²) in [6.07, 6.45) is 7.23. The quantitative estimate of drug-likeness (QED) is 0.818. The minimum Gasteiger partial charge on any atom is -0.323 e. The summed E-state index contributed by atoms with van der Waals surface area (Å²) in [5.74, 6) is 1.61. The predicted octanol–water partition coefficient (Wildman–Crippen LogP) is 0.241. The Morgan fingerprint density at radius 2 is 1.64 bits per heavy atom. The van der Waals surface area contributed by atoms with Crippen LogP contribution in [0.3, 0.4) is 0 Å². The molecule has 1 saturated carbocycles. The zero-order valence-corrected chi connectivity index (χ0v) is 16.9. The van der Waals surface area contributed by atoms with Crippen LogP contribution in [0, 0.1) is 5.92 Å². The van der Waals surface area contributed by atoms with Crippen molar-refractivity contribution < 1.29 is 9.80 Å². The van der Waals surface area contributed by atoms with Gasteiger partial charge in [-0.15, -0.1) is 5.10 Å². The molecule has 1 aromatic heterocycles. The topological polar surface area (TPSA) is 52.5 Å². The first-order valence-electron chi connectivity index (χ1n) is 10.4. The summed E-state index contributed by atoms with van der Waals surface area (Å²) < 4.78 is 2.05. The number of hydrogen-bond acceptors (Lipinski definition) is 3. The molecule has 1 aliphatic carbocycles. The Hall–Kier alpha value is -1.01. The van der Waals surface area contributed by atoms with Gasteiger partial charge in [0.05, 0.1) is 11.6 Å². The molecule has 0 aromatic carbocycles. The standard InChI is InChI=1S/C19H36N6/c1-15(2)17(18-20-21-22-25(18)19(3,4)5)24-13-11-23(12-14-24)16-9-7-6-8-10-16/h15-17H,6-14H2,1-5H3/p+2/t17-/m1/s1. The van der Waals surface area contributed by atoms with Crippen LogP contribution in [0.5, 0.6) is 0 Å². The number of hydrogen-bond donors (Lipinski definition) is 2. The first kappa shape index (κ1) is 18.8. The molecule has 142 valence electrons. The summed E-state index contributed by atoms with van der Waals surface area (Å²) >= 11 is 0. The fourth-order valence-electron chi connectivity index (χ4n) is 4.94. The summed E-state index contributed by atoms with van der Waals surface area (Å²) in [4.78, 5) is 3.54. The SMILES string of the molecule is CC(C)[C@H](c1nnnn1C(C)(C)C)[NH+]1CC[NH+](C2CCCCC2)CC1. The molecule has 1 aromatic rings. The van der Waals surface area contributed by atoms with Gasteiger partial charge in [-0.2, -0.15) is 0 Å². The highest BCUT2D eigenvalue weighted by Gasteiger charge is 2.39. The summed E-state index contributed by atoms with van der Waals surface area (Å²) in [6, 6.07) is 1.31. The van der Waals surface area contributed by atoms with Gasteiger partial charge in [0, 0.05) is 5.92 Å². The van der Waals surface area contributed by atoms with E-state index in [4.69, 9.17) is 0 Å². The first-order chi connectivity index (χ1) is 11.9. The summed E-state index contributed by atoms with van der Waals surface area (Å²) in [5, 5.41) is 12.8. The number of aromatic nitrogens is 4. The normalized spacial score (nSPS) is 27.6. The zero-order chi connectivity index (χ0) is 18.0. The Labute approximate surface area is 152 Å². The van der Waals surface area contributed by atoms with Gasteiger partial charge < -0.3 is 9.80 Å². The van der Waals surface area contributed by atoms with Crippen molar-refractivity contribution >= 4 is 0 Å². The van der Waals surface area contributed by atoms with E-state index in [2.05, 4.69) is 50.1 Å². The molecule has 1 atom stereocenters. The highest BCUT2D eigenvalue weighted by molar-refractivity contribution is 4.93. The van der Waals surface area contributed by atoms with Gasteiger partial charge in [-0.05, 0) is 56.9 Å². The number of piperazine rings is 1. The summed E-state index contributed by atoms with van der Waals surface area (Å²) in [7, 11) is 0. The van der Waals surface area contributed by atoms with E-state index in [0.29, 0.717) is 12.0 Å². The molecule has 0 bridgehead atoms. The maximum atomic E-state index is 4.46. The molecule has 6 heteroatoms. The van der Waals surface area contributed by atoms with Crippen molar-refractivity contribution in [3.05, 3.63) is 5.82 Å². The van der Waals surface area contributed by atoms with Crippen molar-refractivity contribution in [2.75, 3.05) is 26.2 Å². The Kier molecular flexibility index (Phi) is 5.78. The first-order valence-corrected chi connectivity index (χ1v) is 10.4. The lowest BCUT2D eigenvalue weighted by molar-refractivity contribution is -1.04. The van der Waals surface area contributed by atoms with Gasteiger partial charge in [0.15, 0.2) is 6.04 Å². The third-order valence-electron chi connectivity index (χ3n) is 6.23. The van der Waals surface area contributed by atoms with Gasteiger partial charge in [0.2, 0.25) is 5.82 Å². The molecule has 3 rings (SSSR count). The molecular weight excluding hydrogens is 312 g/mol. The van der Waals surface area contributed by atoms with E-state index in [9.17, 15) is 0 Å². The summed E-state index contributed by atoms with van der Waals surface area (Å²) in [5.41, 5.74) is -0.0689. The molecule has 0 radical (unpaired) electrons. The number of nitrogens with zero attached hydrogens (tertiary/aromatic N) is 4. The van der Waals surface area contributed by atoms with Crippen molar-refractivity contribution in [1.82, 2.24) is 20.2 Å². The fraction of sp³-hybridized carbons (Fsp3) is 0.947. The maximum Gasteiger partial charge on any atom is 0.210 e. The lowest BCUT2D eigenvalue weighted by Gasteiger charge is -2.39. The largest absolute Gasteiger partial charge is 0.323 e. The van der Waals surface area contributed by atoms with Gasteiger partial charge in [-0.3, -0.25) is 0 Å². The van der Waals surface area contributed by atoms with Crippen LogP contribution in [0.4, 0.5) is 0 Å². The molecule has 25 heavy (non-hydrogen) atoms. The smallest absolute Gasteiger partial charge is 0.210 e. The molecule has 2 N–H and O–H groups in total. The summed E-state index contributed by atoms with van der Waals surface area (Å²) in [6.45, 7) is 16.3. The third-order valence-corrected chi connectivity index (χ3v) is 6.23. The van der Waals surface area contributed by atoms with Gasteiger partial charge in [0.1, 0.15) is 26.2 Å². The third kappa shape index (κ3) is 4.22. The monoisotopic (exact) mass is 350 g/mol. The van der Waals surface area contributed by atoms with Gasteiger partial charge in [-0.25, -0.2) is 4.68 Å². The van der Waals surface area contributed by atoms with E-state index < -0.39 is 0 Å². The second-order valence-corrected chi connectivity index (χ2v) is 9.49. The van der Waals surface area contributed by atoms with E-state index in [1.165, 1.54) is 58.3 Å². The van der Waals surface area contributed by atoms with Crippen molar-refractivity contribution in [2.24, 2.45) is 5.92 Å². The predicted molar refractivity (Wildman–Crippen MR) is 98.7 cm³/mol. The lowest BCUT2D eigenvalue weighted by Crippen LogP contribution is -3.30. The number of quaternary nitrogens is 2. The highest BCUT2D eigenvalue weighted by Crippen LogP contribution is 2.21. The van der Waals surface area contributed by atoms with Gasteiger partial charge in [-0.1, -0.05) is 20.3 Å². The van der Waals surface area contributed by atoms with Gasteiger partial charge >= 0.3 is 0 Å². The van der Waals surface area contributed by atoms with Gasteiger partial charge in [0.25, 0.3) is 0 Å². The molecule has 1 aliphatic heterocycles. The fourth-order valence-corrected chi connectivity index (χ4v) is 4.94. The van der Waals surface area contributed by atoms with Crippen LogP contribution in [0.25, 0.3) is 0 Å². The Bertz CT molecular complexity index is 532. The van der Waals surface area contributed by atoms with Crippen LogP contribution in [0.1, 0.15) is 78.6 Å². The molecule has 1 saturated heterocycles. The van der Waals surface area contributed by atoms with Crippen molar-refractivity contribution in [2.45, 2.75) is 84.3 Å². The highest BCUT2D eigenvalue weighted by atomic mass is 15.6. The van der Waals surface area contributed by atoms with Crippen molar-refractivity contribution in [3.8, 4) is 0 Å². The van der Waals surface area contributed by atoms with Crippen LogP contribution in [-0.2, 0) is 5.54 Å². The zero-order valence-electron chi connectivity index (χ0n) is 16.9. The van der Waals surface area contributed by atoms with E-state index in [1.807, 2.05) is 9.58 Å². The Morgan fingerprint density at radius 1 is 1.00 bits per heavy atom. The molecular formula is C19H38N6+2. The van der Waals surface area contributed by atoms with Crippen LogP contribution in [-0.4, -0.2) is 52.4 Å². The average Bonchev–Trinajstić information content (AvgIpc) is 3.06. The lowest BCUT2D eigenvalue weighted by atomic mass is 9.93. The van der Waals surface area contributed by atoms with Crippen LogP contribution in [0.2, 0.25) is 0 Å². The molecule has 0 spiro atoms. The minimum absolute atomic E-state index is 0.0689. The Balaban J connectivity index is 1.70.